The molecular weight excluding hydrogens is 283 g/mol. The molecule has 0 unspecified atom stereocenters. The standard InChI is InChI=1S/C17H23FN2O2/c1-3-12-4-7-14(8-5-12)19-16(21)17(22)20-15-9-6-13(18)10-11(15)2/h6,9-10,12,14H,3-5,7-8H2,1-2H3,(H,19,21)(H,20,22). The molecule has 0 spiro atoms. The van der Waals surface area contributed by atoms with E-state index in [-0.39, 0.29) is 11.9 Å². The van der Waals surface area contributed by atoms with Crippen LogP contribution in [0.1, 0.15) is 44.6 Å². The van der Waals surface area contributed by atoms with Crippen molar-refractivity contribution in [1.29, 1.82) is 0 Å². The summed E-state index contributed by atoms with van der Waals surface area (Å²) in [5.41, 5.74) is 1.04. The van der Waals surface area contributed by atoms with E-state index in [1.807, 2.05) is 0 Å². The summed E-state index contributed by atoms with van der Waals surface area (Å²) in [6.45, 7) is 3.87. The number of hydrogen-bond donors (Lipinski definition) is 2. The van der Waals surface area contributed by atoms with E-state index in [1.54, 1.807) is 6.92 Å². The lowest BCUT2D eigenvalue weighted by atomic mass is 9.84. The minimum atomic E-state index is -0.702. The van der Waals surface area contributed by atoms with Gasteiger partial charge in [-0.15, -0.1) is 0 Å². The maximum atomic E-state index is 13.0. The van der Waals surface area contributed by atoms with Gasteiger partial charge in [0.2, 0.25) is 0 Å². The SMILES string of the molecule is CCC1CCC(NC(=O)C(=O)Nc2ccc(F)cc2C)CC1. The zero-order chi connectivity index (χ0) is 16.1. The monoisotopic (exact) mass is 306 g/mol. The largest absolute Gasteiger partial charge is 0.345 e. The Hall–Kier alpha value is -1.91. The first-order chi connectivity index (χ1) is 10.5. The molecule has 1 aliphatic carbocycles. The predicted molar refractivity (Wildman–Crippen MR) is 83.9 cm³/mol. The molecule has 0 atom stereocenters. The summed E-state index contributed by atoms with van der Waals surface area (Å²) in [6, 6.07) is 4.12. The molecule has 0 aromatic heterocycles. The number of nitrogens with one attached hydrogen (secondary N) is 2. The van der Waals surface area contributed by atoms with Gasteiger partial charge < -0.3 is 10.6 Å². The fourth-order valence-corrected chi connectivity index (χ4v) is 2.91. The lowest BCUT2D eigenvalue weighted by Crippen LogP contribution is -2.43. The third kappa shape index (κ3) is 4.29. The first kappa shape index (κ1) is 16.5. The summed E-state index contributed by atoms with van der Waals surface area (Å²) in [7, 11) is 0. The molecule has 1 aliphatic rings. The molecule has 0 aliphatic heterocycles. The molecule has 2 rings (SSSR count). The second-order valence-corrected chi connectivity index (χ2v) is 6.01. The van der Waals surface area contributed by atoms with E-state index in [9.17, 15) is 14.0 Å². The minimum Gasteiger partial charge on any atom is -0.345 e. The van der Waals surface area contributed by atoms with E-state index < -0.39 is 11.8 Å². The Bertz CT molecular complexity index is 552. The quantitative estimate of drug-likeness (QED) is 0.843. The van der Waals surface area contributed by atoms with Crippen molar-refractivity contribution in [1.82, 2.24) is 5.32 Å². The van der Waals surface area contributed by atoms with Crippen LogP contribution in [-0.2, 0) is 9.59 Å². The number of amides is 2. The van der Waals surface area contributed by atoms with Crippen LogP contribution in [0.2, 0.25) is 0 Å². The Kier molecular flexibility index (Phi) is 5.52. The van der Waals surface area contributed by atoms with Gasteiger partial charge in [-0.2, -0.15) is 0 Å². The second-order valence-electron chi connectivity index (χ2n) is 6.01. The summed E-state index contributed by atoms with van der Waals surface area (Å²) in [5, 5.41) is 5.32. The summed E-state index contributed by atoms with van der Waals surface area (Å²) >= 11 is 0. The normalized spacial score (nSPS) is 21.2. The van der Waals surface area contributed by atoms with Crippen LogP contribution in [0, 0.1) is 18.7 Å². The molecule has 2 N–H and O–H groups in total. The van der Waals surface area contributed by atoms with Crippen LogP contribution in [-0.4, -0.2) is 17.9 Å². The summed E-state index contributed by atoms with van der Waals surface area (Å²) in [5.74, 6) is -0.951. The maximum Gasteiger partial charge on any atom is 0.313 e. The van der Waals surface area contributed by atoms with E-state index >= 15 is 0 Å². The molecule has 5 heteroatoms. The molecule has 1 aromatic rings. The van der Waals surface area contributed by atoms with Crippen molar-refractivity contribution in [3.8, 4) is 0 Å². The molecule has 22 heavy (non-hydrogen) atoms. The first-order valence-electron chi connectivity index (χ1n) is 7.87. The van der Waals surface area contributed by atoms with Crippen molar-refractivity contribution in [2.75, 3.05) is 5.32 Å². The van der Waals surface area contributed by atoms with Crippen LogP contribution in [0.5, 0.6) is 0 Å². The maximum absolute atomic E-state index is 13.0. The Morgan fingerprint density at radius 1 is 1.18 bits per heavy atom. The van der Waals surface area contributed by atoms with Crippen molar-refractivity contribution in [3.05, 3.63) is 29.6 Å². The van der Waals surface area contributed by atoms with Crippen molar-refractivity contribution >= 4 is 17.5 Å². The van der Waals surface area contributed by atoms with Gasteiger partial charge in [0.1, 0.15) is 5.82 Å². The van der Waals surface area contributed by atoms with E-state index in [4.69, 9.17) is 0 Å². The zero-order valence-corrected chi connectivity index (χ0v) is 13.1. The number of hydrogen-bond acceptors (Lipinski definition) is 2. The Morgan fingerprint density at radius 2 is 1.86 bits per heavy atom. The van der Waals surface area contributed by atoms with Gasteiger partial charge in [0.05, 0.1) is 0 Å². The number of aryl methyl sites for hydroxylation is 1. The van der Waals surface area contributed by atoms with Gasteiger partial charge in [0.25, 0.3) is 0 Å². The molecule has 120 valence electrons. The summed E-state index contributed by atoms with van der Waals surface area (Å²) in [6.07, 6.45) is 5.21. The molecule has 4 nitrogen and oxygen atoms in total. The van der Waals surface area contributed by atoms with Crippen LogP contribution < -0.4 is 10.6 Å². The highest BCUT2D eigenvalue weighted by Gasteiger charge is 2.24. The molecule has 2 amide bonds. The lowest BCUT2D eigenvalue weighted by Gasteiger charge is -2.28. The molecule has 0 heterocycles. The third-order valence-electron chi connectivity index (χ3n) is 4.40. The van der Waals surface area contributed by atoms with Gasteiger partial charge >= 0.3 is 11.8 Å². The van der Waals surface area contributed by atoms with Crippen molar-refractivity contribution in [2.45, 2.75) is 52.0 Å². The molecule has 0 saturated heterocycles. The average Bonchev–Trinajstić information content (AvgIpc) is 2.50. The number of benzene rings is 1. The van der Waals surface area contributed by atoms with E-state index in [1.165, 1.54) is 24.6 Å². The molecule has 1 aromatic carbocycles. The lowest BCUT2D eigenvalue weighted by molar-refractivity contribution is -0.136. The number of carbonyl (C=O) groups is 2. The second kappa shape index (κ2) is 7.38. The van der Waals surface area contributed by atoms with Crippen molar-refractivity contribution in [3.63, 3.8) is 0 Å². The van der Waals surface area contributed by atoms with Crippen LogP contribution in [0.3, 0.4) is 0 Å². The minimum absolute atomic E-state index is 0.0790. The number of halogens is 1. The van der Waals surface area contributed by atoms with Crippen molar-refractivity contribution in [2.24, 2.45) is 5.92 Å². The molecule has 0 bridgehead atoms. The highest BCUT2D eigenvalue weighted by molar-refractivity contribution is 6.39. The van der Waals surface area contributed by atoms with Gasteiger partial charge in [0, 0.05) is 11.7 Å². The molecule has 1 fully saturated rings. The van der Waals surface area contributed by atoms with Crippen LogP contribution >= 0.6 is 0 Å². The van der Waals surface area contributed by atoms with E-state index in [0.29, 0.717) is 11.3 Å². The topological polar surface area (TPSA) is 58.2 Å². The van der Waals surface area contributed by atoms with Crippen LogP contribution in [0.15, 0.2) is 18.2 Å². The zero-order valence-electron chi connectivity index (χ0n) is 13.1. The Morgan fingerprint density at radius 3 is 2.45 bits per heavy atom. The van der Waals surface area contributed by atoms with Gasteiger partial charge in [0.15, 0.2) is 0 Å². The number of rotatable bonds is 3. The Balaban J connectivity index is 1.86. The fourth-order valence-electron chi connectivity index (χ4n) is 2.91. The first-order valence-corrected chi connectivity index (χ1v) is 7.87. The van der Waals surface area contributed by atoms with Crippen molar-refractivity contribution < 1.29 is 14.0 Å². The Labute approximate surface area is 130 Å². The summed E-state index contributed by atoms with van der Waals surface area (Å²) < 4.78 is 13.0. The summed E-state index contributed by atoms with van der Waals surface area (Å²) in [4.78, 5) is 23.9. The molecule has 1 saturated carbocycles. The number of anilines is 1. The van der Waals surface area contributed by atoms with Gasteiger partial charge in [-0.25, -0.2) is 4.39 Å². The smallest absolute Gasteiger partial charge is 0.313 e. The number of carbonyl (C=O) groups excluding carboxylic acids is 2. The molecule has 0 radical (unpaired) electrons. The highest BCUT2D eigenvalue weighted by Crippen LogP contribution is 2.26. The van der Waals surface area contributed by atoms with Crippen LogP contribution in [0.25, 0.3) is 0 Å². The molecular formula is C17H23FN2O2. The predicted octanol–water partition coefficient (Wildman–Crippen LogP) is 3.16. The van der Waals surface area contributed by atoms with Gasteiger partial charge in [-0.3, -0.25) is 9.59 Å². The van der Waals surface area contributed by atoms with E-state index in [0.717, 1.165) is 31.6 Å². The van der Waals surface area contributed by atoms with Gasteiger partial charge in [-0.05, 0) is 62.3 Å². The average molecular weight is 306 g/mol. The highest BCUT2D eigenvalue weighted by atomic mass is 19.1. The van der Waals surface area contributed by atoms with Crippen LogP contribution in [0.4, 0.5) is 10.1 Å². The van der Waals surface area contributed by atoms with E-state index in [2.05, 4.69) is 17.6 Å². The van der Waals surface area contributed by atoms with Gasteiger partial charge in [-0.1, -0.05) is 13.3 Å². The third-order valence-corrected chi connectivity index (χ3v) is 4.40. The fraction of sp³-hybridized carbons (Fsp3) is 0.529.